The fourth-order valence-electron chi connectivity index (χ4n) is 14.3. The van der Waals surface area contributed by atoms with Gasteiger partial charge < -0.3 is 9.47 Å². The SMILES string of the molecule is Cc1cc2c3c(c1)-n1c4cc5c(cc4c4cccc(c41)B3c1ccc([Si](c3ccccc3)(c3ccccc3)c3ccccc3)cc1N2c1cccc([Si](c2ccccc2)(c2ccccc2)c2ccccc2)c1)sc1ccccc15. The number of fused-ring (bicyclic) bond motifs is 10. The first kappa shape index (κ1) is 46.1. The molecule has 16 rings (SSSR count). The van der Waals surface area contributed by atoms with Gasteiger partial charge in [-0.3, -0.25) is 0 Å². The molecule has 0 N–H and O–H groups in total. The van der Waals surface area contributed by atoms with Crippen LogP contribution in [0.3, 0.4) is 0 Å². The Hall–Kier alpha value is -9.04. The van der Waals surface area contributed by atoms with E-state index >= 15 is 0 Å². The zero-order valence-electron chi connectivity index (χ0n) is 43.6. The molecule has 0 aliphatic carbocycles. The molecule has 0 atom stereocenters. The molecule has 14 aromatic rings. The summed E-state index contributed by atoms with van der Waals surface area (Å²) in [5.41, 5.74) is 12.7. The van der Waals surface area contributed by atoms with Crippen LogP contribution >= 0.6 is 11.3 Å². The van der Waals surface area contributed by atoms with Crippen molar-refractivity contribution in [3.8, 4) is 5.69 Å². The third kappa shape index (κ3) is 6.69. The number of nitrogens with zero attached hydrogens (tertiary/aromatic N) is 2. The largest absolute Gasteiger partial charge is 0.311 e. The molecule has 6 heteroatoms. The minimum absolute atomic E-state index is 0.0239. The molecule has 12 aromatic carbocycles. The van der Waals surface area contributed by atoms with Crippen molar-refractivity contribution in [3.05, 3.63) is 297 Å². The fraction of sp³-hybridized carbons (Fsp3) is 0.0137. The summed E-state index contributed by atoms with van der Waals surface area (Å²) < 4.78 is 5.29. The van der Waals surface area contributed by atoms with E-state index in [0.717, 1.165) is 5.69 Å². The van der Waals surface area contributed by atoms with Crippen LogP contribution in [-0.2, 0) is 0 Å². The number of anilines is 3. The zero-order valence-corrected chi connectivity index (χ0v) is 46.4. The molecule has 2 aliphatic rings. The van der Waals surface area contributed by atoms with Gasteiger partial charge in [0.15, 0.2) is 16.1 Å². The summed E-state index contributed by atoms with van der Waals surface area (Å²) in [6.07, 6.45) is 0. The van der Waals surface area contributed by atoms with Gasteiger partial charge >= 0.3 is 0 Å². The molecule has 0 spiro atoms. The molecule has 0 fully saturated rings. The van der Waals surface area contributed by atoms with Crippen molar-refractivity contribution in [2.75, 3.05) is 4.90 Å². The molecular formula is C73H51BN2SSi2. The second-order valence-corrected chi connectivity index (χ2v) is 30.3. The summed E-state index contributed by atoms with van der Waals surface area (Å²) in [5, 5.41) is 16.1. The first-order valence-corrected chi connectivity index (χ1v) is 32.3. The average molecular weight is 1060 g/mol. The first-order chi connectivity index (χ1) is 39.1. The maximum Gasteiger partial charge on any atom is 0.252 e. The number of hydrogen-bond donors (Lipinski definition) is 0. The Morgan fingerprint density at radius 3 is 1.38 bits per heavy atom. The van der Waals surface area contributed by atoms with Crippen LogP contribution in [0.2, 0.25) is 0 Å². The van der Waals surface area contributed by atoms with E-state index in [1.54, 1.807) is 0 Å². The Balaban J connectivity index is 1.03. The van der Waals surface area contributed by atoms with Crippen LogP contribution < -0.4 is 62.8 Å². The van der Waals surface area contributed by atoms with Gasteiger partial charge in [0.25, 0.3) is 6.71 Å². The molecule has 0 amide bonds. The van der Waals surface area contributed by atoms with Gasteiger partial charge in [-0.25, -0.2) is 0 Å². The minimum Gasteiger partial charge on any atom is -0.311 e. The maximum atomic E-state index is 2.67. The quantitative estimate of drug-likeness (QED) is 0.103. The summed E-state index contributed by atoms with van der Waals surface area (Å²) in [4.78, 5) is 2.67. The molecule has 0 bridgehead atoms. The van der Waals surface area contributed by atoms with Gasteiger partial charge in [-0.05, 0) is 119 Å². The number of thiophene rings is 1. The van der Waals surface area contributed by atoms with E-state index in [2.05, 4.69) is 308 Å². The molecule has 370 valence electrons. The van der Waals surface area contributed by atoms with Crippen molar-refractivity contribution in [2.24, 2.45) is 0 Å². The third-order valence-corrected chi connectivity index (χ3v) is 28.2. The molecule has 0 saturated heterocycles. The van der Waals surface area contributed by atoms with E-state index in [1.165, 1.54) is 122 Å². The number of benzene rings is 12. The van der Waals surface area contributed by atoms with E-state index in [9.17, 15) is 0 Å². The number of aromatic nitrogens is 1. The van der Waals surface area contributed by atoms with Crippen LogP contribution in [0.4, 0.5) is 17.1 Å². The van der Waals surface area contributed by atoms with Gasteiger partial charge in [-0.15, -0.1) is 11.3 Å². The standard InChI is InChI=1S/C73H51BN2SSi2/c1-50-44-68-72-69(45-50)76-66-48-63-60-38-20-21-41-70(60)77-71(63)49-62(66)61-39-23-40-65(73(61)76)74(72)64-43-42-59(79(55-31-14-5-15-32-55,56-33-16-6-17-34-56)57-35-18-7-19-36-57)47-67(64)75(68)51-24-22-37-58(46-51)78(52-25-8-2-9-26-52,53-27-10-3-11-28-53)54-29-12-4-13-30-54/h2-49H,1H3. The lowest BCUT2D eigenvalue weighted by Gasteiger charge is -2.42. The Labute approximate surface area is 466 Å². The third-order valence-electron chi connectivity index (χ3n) is 17.5. The highest BCUT2D eigenvalue weighted by Crippen LogP contribution is 2.44. The lowest BCUT2D eigenvalue weighted by Crippen LogP contribution is -2.75. The molecule has 2 nitrogen and oxygen atoms in total. The fourth-order valence-corrected chi connectivity index (χ4v) is 25.0. The Morgan fingerprint density at radius 1 is 0.329 bits per heavy atom. The van der Waals surface area contributed by atoms with Gasteiger partial charge in [0.2, 0.25) is 0 Å². The number of para-hydroxylation sites is 1. The molecule has 0 radical (unpaired) electrons. The summed E-state index contributed by atoms with van der Waals surface area (Å²) in [7, 11) is -5.93. The van der Waals surface area contributed by atoms with Crippen LogP contribution in [0.25, 0.3) is 47.7 Å². The maximum absolute atomic E-state index is 2.98. The van der Waals surface area contributed by atoms with E-state index in [-0.39, 0.29) is 6.71 Å². The Morgan fingerprint density at radius 2 is 0.810 bits per heavy atom. The summed E-state index contributed by atoms with van der Waals surface area (Å²) in [6, 6.07) is 112. The monoisotopic (exact) mass is 1050 g/mol. The van der Waals surface area contributed by atoms with E-state index in [1.807, 2.05) is 11.3 Å². The second-order valence-electron chi connectivity index (χ2n) is 21.5. The smallest absolute Gasteiger partial charge is 0.252 e. The predicted molar refractivity (Wildman–Crippen MR) is 345 cm³/mol. The highest BCUT2D eigenvalue weighted by molar-refractivity contribution is 7.26. The predicted octanol–water partition coefficient (Wildman–Crippen LogP) is 10.8. The van der Waals surface area contributed by atoms with Gasteiger partial charge in [-0.1, -0.05) is 243 Å². The van der Waals surface area contributed by atoms with Crippen molar-refractivity contribution in [1.82, 2.24) is 4.57 Å². The van der Waals surface area contributed by atoms with Crippen LogP contribution in [0, 0.1) is 6.92 Å². The minimum atomic E-state index is -2.98. The van der Waals surface area contributed by atoms with Crippen molar-refractivity contribution >= 4 is 151 Å². The van der Waals surface area contributed by atoms with Gasteiger partial charge in [0, 0.05) is 59.2 Å². The molecule has 0 unspecified atom stereocenters. The van der Waals surface area contributed by atoms with Crippen LogP contribution in [0.15, 0.2) is 291 Å². The first-order valence-electron chi connectivity index (χ1n) is 27.5. The molecule has 2 aromatic heterocycles. The Bertz CT molecular complexity index is 4490. The van der Waals surface area contributed by atoms with Gasteiger partial charge in [-0.2, -0.15) is 0 Å². The van der Waals surface area contributed by atoms with Crippen molar-refractivity contribution in [2.45, 2.75) is 6.92 Å². The zero-order chi connectivity index (χ0) is 52.2. The van der Waals surface area contributed by atoms with E-state index < -0.39 is 16.1 Å². The molecular weight excluding hydrogens is 1000 g/mol. The lowest BCUT2D eigenvalue weighted by molar-refractivity contribution is 1.17. The lowest BCUT2D eigenvalue weighted by atomic mass is 9.34. The van der Waals surface area contributed by atoms with Gasteiger partial charge in [0.1, 0.15) is 0 Å². The van der Waals surface area contributed by atoms with Crippen LogP contribution in [-0.4, -0.2) is 27.4 Å². The summed E-state index contributed by atoms with van der Waals surface area (Å²) in [6.45, 7) is 2.28. The summed E-state index contributed by atoms with van der Waals surface area (Å²) >= 11 is 1.90. The molecule has 79 heavy (non-hydrogen) atoms. The Kier molecular flexibility index (Phi) is 10.5. The van der Waals surface area contributed by atoms with Crippen LogP contribution in [0.1, 0.15) is 5.56 Å². The van der Waals surface area contributed by atoms with Crippen molar-refractivity contribution in [3.63, 3.8) is 0 Å². The van der Waals surface area contributed by atoms with Crippen molar-refractivity contribution in [1.29, 1.82) is 0 Å². The van der Waals surface area contributed by atoms with Crippen LogP contribution in [0.5, 0.6) is 0 Å². The van der Waals surface area contributed by atoms with E-state index in [0.29, 0.717) is 0 Å². The molecule has 2 aliphatic heterocycles. The van der Waals surface area contributed by atoms with Crippen molar-refractivity contribution < 1.29 is 0 Å². The number of aryl methyl sites for hydroxylation is 1. The number of hydrogen-bond acceptors (Lipinski definition) is 2. The normalized spacial score (nSPS) is 12.8. The average Bonchev–Trinajstić information content (AvgIpc) is 4.11. The topological polar surface area (TPSA) is 8.17 Å². The molecule has 4 heterocycles. The second kappa shape index (κ2) is 18.0. The summed E-state index contributed by atoms with van der Waals surface area (Å²) in [5.74, 6) is 0. The number of rotatable bonds is 9. The highest BCUT2D eigenvalue weighted by atomic mass is 32.1. The highest BCUT2D eigenvalue weighted by Gasteiger charge is 2.47. The molecule has 0 saturated carbocycles. The van der Waals surface area contributed by atoms with Gasteiger partial charge in [0.05, 0.1) is 5.52 Å². The van der Waals surface area contributed by atoms with E-state index in [4.69, 9.17) is 0 Å².